The first-order valence-electron chi connectivity index (χ1n) is 4.94. The molecule has 0 aromatic heterocycles. The van der Waals surface area contributed by atoms with Gasteiger partial charge in [-0.15, -0.1) is 0 Å². The third-order valence-electron chi connectivity index (χ3n) is 2.83. The Kier molecular flexibility index (Phi) is 4.80. The quantitative estimate of drug-likeness (QED) is 0.661. The zero-order valence-corrected chi connectivity index (χ0v) is 9.15. The number of hydrogen-bond donors (Lipinski definition) is 2. The molecule has 0 fully saturated rings. The summed E-state index contributed by atoms with van der Waals surface area (Å²) in [6.07, 6.45) is 0. The van der Waals surface area contributed by atoms with Crippen LogP contribution in [0.4, 0.5) is 0 Å². The third-order valence-corrected chi connectivity index (χ3v) is 2.83. The molecule has 0 rings (SSSR count). The smallest absolute Gasteiger partial charge is 0.0327 e. The van der Waals surface area contributed by atoms with Crippen molar-refractivity contribution in [1.29, 1.82) is 0 Å². The molecule has 0 amide bonds. The molecule has 0 bridgehead atoms. The molecule has 0 aliphatic carbocycles. The van der Waals surface area contributed by atoms with Gasteiger partial charge in [-0.05, 0) is 18.4 Å². The largest absolute Gasteiger partial charge is 0.324 e. The zero-order valence-electron chi connectivity index (χ0n) is 9.15. The molecule has 74 valence electrons. The first-order chi connectivity index (χ1) is 5.45. The van der Waals surface area contributed by atoms with Crippen molar-refractivity contribution in [3.05, 3.63) is 0 Å². The second-order valence-electron chi connectivity index (χ2n) is 4.20. The molecule has 0 aliphatic rings. The van der Waals surface area contributed by atoms with E-state index in [1.54, 1.807) is 0 Å². The van der Waals surface area contributed by atoms with Gasteiger partial charge in [-0.25, -0.2) is 0 Å². The number of rotatable bonds is 5. The van der Waals surface area contributed by atoms with E-state index in [9.17, 15) is 0 Å². The van der Waals surface area contributed by atoms with E-state index in [0.717, 1.165) is 13.1 Å². The molecule has 0 aliphatic heterocycles. The van der Waals surface area contributed by atoms with E-state index in [1.807, 2.05) is 0 Å². The Labute approximate surface area is 76.9 Å². The molecule has 0 saturated carbocycles. The fourth-order valence-corrected chi connectivity index (χ4v) is 1.42. The van der Waals surface area contributed by atoms with Crippen molar-refractivity contribution < 1.29 is 0 Å². The van der Waals surface area contributed by atoms with Crippen LogP contribution >= 0.6 is 0 Å². The molecule has 0 aromatic rings. The maximum Gasteiger partial charge on any atom is 0.0327 e. The number of nitrogens with one attached hydrogen (secondary N) is 1. The zero-order chi connectivity index (χ0) is 9.78. The van der Waals surface area contributed by atoms with Crippen molar-refractivity contribution in [2.45, 2.75) is 40.2 Å². The Balaban J connectivity index is 4.19. The van der Waals surface area contributed by atoms with E-state index in [1.165, 1.54) is 0 Å². The van der Waals surface area contributed by atoms with Gasteiger partial charge in [0.15, 0.2) is 0 Å². The average molecular weight is 172 g/mol. The summed E-state index contributed by atoms with van der Waals surface area (Å²) in [5.74, 6) is 1.05. The summed E-state index contributed by atoms with van der Waals surface area (Å²) in [5, 5.41) is 3.33. The van der Waals surface area contributed by atoms with Gasteiger partial charge in [-0.2, -0.15) is 0 Å². The van der Waals surface area contributed by atoms with Crippen LogP contribution in [0.1, 0.15) is 34.6 Å². The highest BCUT2D eigenvalue weighted by atomic mass is 14.9. The highest BCUT2D eigenvalue weighted by Crippen LogP contribution is 2.22. The predicted octanol–water partition coefficient (Wildman–Crippen LogP) is 1.61. The number of nitrogens with two attached hydrogens (primary N) is 1. The summed E-state index contributed by atoms with van der Waals surface area (Å²) in [5.41, 5.74) is 6.25. The molecule has 12 heavy (non-hydrogen) atoms. The minimum Gasteiger partial charge on any atom is -0.324 e. The van der Waals surface area contributed by atoms with E-state index >= 15 is 0 Å². The molecule has 3 N–H and O–H groups in total. The summed E-state index contributed by atoms with van der Waals surface area (Å²) in [6, 6.07) is 0. The van der Waals surface area contributed by atoms with Gasteiger partial charge in [0.2, 0.25) is 0 Å². The molecule has 2 heteroatoms. The SMILES string of the molecule is CCNCC(N)(C(C)C)C(C)C. The van der Waals surface area contributed by atoms with Crippen LogP contribution in [-0.4, -0.2) is 18.6 Å². The lowest BCUT2D eigenvalue weighted by Gasteiger charge is -2.37. The maximum atomic E-state index is 6.31. The molecule has 0 aromatic carbocycles. The maximum absolute atomic E-state index is 6.31. The first kappa shape index (κ1) is 11.9. The molecule has 0 saturated heterocycles. The van der Waals surface area contributed by atoms with Crippen LogP contribution in [0.2, 0.25) is 0 Å². The van der Waals surface area contributed by atoms with E-state index in [0.29, 0.717) is 11.8 Å². The monoisotopic (exact) mass is 172 g/mol. The van der Waals surface area contributed by atoms with E-state index in [2.05, 4.69) is 39.9 Å². The molecule has 0 heterocycles. The van der Waals surface area contributed by atoms with Crippen molar-refractivity contribution in [3.8, 4) is 0 Å². The minimum absolute atomic E-state index is 0.0595. The van der Waals surface area contributed by atoms with Crippen LogP contribution in [0.25, 0.3) is 0 Å². The van der Waals surface area contributed by atoms with Gasteiger partial charge in [0.25, 0.3) is 0 Å². The van der Waals surface area contributed by atoms with Gasteiger partial charge in [0.05, 0.1) is 0 Å². The van der Waals surface area contributed by atoms with E-state index < -0.39 is 0 Å². The summed E-state index contributed by atoms with van der Waals surface area (Å²) >= 11 is 0. The van der Waals surface area contributed by atoms with Gasteiger partial charge >= 0.3 is 0 Å². The summed E-state index contributed by atoms with van der Waals surface area (Å²) in [6.45, 7) is 12.8. The molecule has 2 nitrogen and oxygen atoms in total. The van der Waals surface area contributed by atoms with Gasteiger partial charge in [-0.1, -0.05) is 34.6 Å². The summed E-state index contributed by atoms with van der Waals surface area (Å²) < 4.78 is 0. The number of hydrogen-bond acceptors (Lipinski definition) is 2. The van der Waals surface area contributed by atoms with E-state index in [-0.39, 0.29) is 5.54 Å². The van der Waals surface area contributed by atoms with Crippen molar-refractivity contribution in [1.82, 2.24) is 5.32 Å². The Morgan fingerprint density at radius 3 is 1.83 bits per heavy atom. The van der Waals surface area contributed by atoms with Gasteiger partial charge in [-0.3, -0.25) is 0 Å². The normalized spacial score (nSPS) is 13.0. The summed E-state index contributed by atoms with van der Waals surface area (Å²) in [7, 11) is 0. The van der Waals surface area contributed by atoms with Crippen molar-refractivity contribution in [2.24, 2.45) is 17.6 Å². The minimum atomic E-state index is -0.0595. The fraction of sp³-hybridized carbons (Fsp3) is 1.00. The fourth-order valence-electron chi connectivity index (χ4n) is 1.42. The highest BCUT2D eigenvalue weighted by molar-refractivity contribution is 4.92. The molecule has 0 spiro atoms. The van der Waals surface area contributed by atoms with Crippen molar-refractivity contribution in [2.75, 3.05) is 13.1 Å². The van der Waals surface area contributed by atoms with Crippen LogP contribution < -0.4 is 11.1 Å². The van der Waals surface area contributed by atoms with E-state index in [4.69, 9.17) is 5.73 Å². The molecular weight excluding hydrogens is 148 g/mol. The Morgan fingerprint density at radius 1 is 1.17 bits per heavy atom. The lowest BCUT2D eigenvalue weighted by molar-refractivity contribution is 0.217. The van der Waals surface area contributed by atoms with Crippen LogP contribution in [0, 0.1) is 11.8 Å². The van der Waals surface area contributed by atoms with Crippen molar-refractivity contribution in [3.63, 3.8) is 0 Å². The topological polar surface area (TPSA) is 38.0 Å². The Hall–Kier alpha value is -0.0800. The van der Waals surface area contributed by atoms with Crippen LogP contribution in [0.3, 0.4) is 0 Å². The third kappa shape index (κ3) is 2.76. The molecule has 0 unspecified atom stereocenters. The summed E-state index contributed by atoms with van der Waals surface area (Å²) in [4.78, 5) is 0. The van der Waals surface area contributed by atoms with Crippen LogP contribution in [-0.2, 0) is 0 Å². The highest BCUT2D eigenvalue weighted by Gasteiger charge is 2.31. The second-order valence-corrected chi connectivity index (χ2v) is 4.20. The Morgan fingerprint density at radius 2 is 1.58 bits per heavy atom. The second kappa shape index (κ2) is 4.83. The molecule has 0 atom stereocenters. The first-order valence-corrected chi connectivity index (χ1v) is 4.94. The lowest BCUT2D eigenvalue weighted by Crippen LogP contribution is -2.56. The van der Waals surface area contributed by atoms with Crippen LogP contribution in [0.5, 0.6) is 0 Å². The Bertz CT molecular complexity index is 111. The average Bonchev–Trinajstić information content (AvgIpc) is 1.99. The van der Waals surface area contributed by atoms with Gasteiger partial charge < -0.3 is 11.1 Å². The molecule has 0 radical (unpaired) electrons. The lowest BCUT2D eigenvalue weighted by atomic mass is 9.78. The predicted molar refractivity (Wildman–Crippen MR) is 55.1 cm³/mol. The standard InChI is InChI=1S/C10H24N2/c1-6-12-7-10(11,8(2)3)9(4)5/h8-9,12H,6-7,11H2,1-5H3. The molecular formula is C10H24N2. The number of likely N-dealkylation sites (N-methyl/N-ethyl adjacent to an activating group) is 1. The van der Waals surface area contributed by atoms with Gasteiger partial charge in [0, 0.05) is 12.1 Å². The van der Waals surface area contributed by atoms with Gasteiger partial charge in [0.1, 0.15) is 0 Å². The van der Waals surface area contributed by atoms with Crippen LogP contribution in [0.15, 0.2) is 0 Å². The van der Waals surface area contributed by atoms with Crippen molar-refractivity contribution >= 4 is 0 Å².